The SMILES string of the molecule is Cc1cc(Nc2ncc3c(n2)N2CCN=C2N(c2c(F)cccc2F)C3=O)cc(C)c1N1CCN(C)CC1. The lowest BCUT2D eigenvalue weighted by molar-refractivity contribution is 0.0998. The Balaban J connectivity index is 1.31. The van der Waals surface area contributed by atoms with Crippen molar-refractivity contribution in [3.05, 3.63) is 64.9 Å². The van der Waals surface area contributed by atoms with E-state index in [4.69, 9.17) is 0 Å². The normalized spacial score (nSPS) is 17.4. The lowest BCUT2D eigenvalue weighted by Crippen LogP contribution is -2.51. The van der Waals surface area contributed by atoms with E-state index in [1.54, 1.807) is 4.90 Å². The number of anilines is 5. The lowest BCUT2D eigenvalue weighted by Gasteiger charge is -2.36. The van der Waals surface area contributed by atoms with Crippen LogP contribution in [-0.2, 0) is 0 Å². The Morgan fingerprint density at radius 2 is 1.63 bits per heavy atom. The third kappa shape index (κ3) is 4.03. The topological polar surface area (TPSA) is 80.2 Å². The Hall–Kier alpha value is -4.12. The average Bonchev–Trinajstić information content (AvgIpc) is 3.36. The van der Waals surface area contributed by atoms with E-state index in [9.17, 15) is 13.6 Å². The number of nitrogens with zero attached hydrogens (tertiary/aromatic N) is 7. The molecule has 0 bridgehead atoms. The third-order valence-electron chi connectivity index (χ3n) is 7.20. The Bertz CT molecular complexity index is 1420. The van der Waals surface area contributed by atoms with Gasteiger partial charge in [0.25, 0.3) is 5.91 Å². The highest BCUT2D eigenvalue weighted by atomic mass is 19.1. The number of hydrogen-bond acceptors (Lipinski definition) is 8. The number of benzene rings is 2. The maximum atomic E-state index is 14.6. The van der Waals surface area contributed by atoms with E-state index in [1.807, 2.05) is 0 Å². The van der Waals surface area contributed by atoms with Gasteiger partial charge in [0.15, 0.2) is 5.82 Å². The van der Waals surface area contributed by atoms with Crippen LogP contribution in [0.4, 0.5) is 37.6 Å². The van der Waals surface area contributed by atoms with E-state index in [0.29, 0.717) is 24.9 Å². The standard InChI is InChI=1S/C27H28F2N8O/c1-16-13-18(14-17(2)22(16)35-11-9-34(3)10-12-35)32-26-31-15-19-24(33-26)36-8-7-30-27(36)37(25(19)38)23-20(28)5-4-6-21(23)29/h4-6,13-15H,7-12H2,1-3H3,(H,31,32,33). The smallest absolute Gasteiger partial charge is 0.270 e. The molecule has 11 heteroatoms. The zero-order chi connectivity index (χ0) is 26.6. The summed E-state index contributed by atoms with van der Waals surface area (Å²) in [4.78, 5) is 34.2. The van der Waals surface area contributed by atoms with Crippen LogP contribution < -0.4 is 20.0 Å². The summed E-state index contributed by atoms with van der Waals surface area (Å²) < 4.78 is 29.2. The zero-order valence-corrected chi connectivity index (χ0v) is 21.5. The second-order valence-corrected chi connectivity index (χ2v) is 9.85. The third-order valence-corrected chi connectivity index (χ3v) is 7.20. The minimum Gasteiger partial charge on any atom is -0.369 e. The molecule has 0 unspecified atom stereocenters. The molecule has 0 radical (unpaired) electrons. The van der Waals surface area contributed by atoms with E-state index in [2.05, 4.69) is 63.1 Å². The van der Waals surface area contributed by atoms with Crippen molar-refractivity contribution >= 4 is 40.7 Å². The first-order chi connectivity index (χ1) is 18.3. The fraction of sp³-hybridized carbons (Fsp3) is 0.333. The van der Waals surface area contributed by atoms with Gasteiger partial charge in [0.1, 0.15) is 22.9 Å². The first-order valence-electron chi connectivity index (χ1n) is 12.6. The van der Waals surface area contributed by atoms with Crippen molar-refractivity contribution in [3.63, 3.8) is 0 Å². The highest BCUT2D eigenvalue weighted by molar-refractivity contribution is 6.31. The summed E-state index contributed by atoms with van der Waals surface area (Å²) in [5.41, 5.74) is 4.09. The van der Waals surface area contributed by atoms with E-state index >= 15 is 0 Å². The molecule has 3 aromatic rings. The Labute approximate surface area is 219 Å². The van der Waals surface area contributed by atoms with Gasteiger partial charge < -0.3 is 15.1 Å². The number of likely N-dealkylation sites (N-methyl/N-ethyl adjacent to an activating group) is 1. The van der Waals surface area contributed by atoms with E-state index in [1.165, 1.54) is 18.0 Å². The van der Waals surface area contributed by atoms with Gasteiger partial charge in [-0.3, -0.25) is 14.7 Å². The summed E-state index contributed by atoms with van der Waals surface area (Å²) >= 11 is 0. The number of carbonyl (C=O) groups is 1. The van der Waals surface area contributed by atoms with Gasteiger partial charge in [-0.1, -0.05) is 6.07 Å². The second-order valence-electron chi connectivity index (χ2n) is 9.85. The number of amides is 1. The van der Waals surface area contributed by atoms with Gasteiger partial charge in [-0.2, -0.15) is 4.98 Å². The van der Waals surface area contributed by atoms with Crippen molar-refractivity contribution in [2.24, 2.45) is 4.99 Å². The maximum Gasteiger partial charge on any atom is 0.270 e. The molecule has 0 saturated carbocycles. The van der Waals surface area contributed by atoms with Crippen LogP contribution in [0.15, 0.2) is 41.5 Å². The minimum absolute atomic E-state index is 0.150. The molecular formula is C27H28F2N8O. The van der Waals surface area contributed by atoms with Crippen molar-refractivity contribution in [2.75, 3.05) is 66.3 Å². The fourth-order valence-corrected chi connectivity index (χ4v) is 5.42. The number of rotatable bonds is 4. The van der Waals surface area contributed by atoms with Gasteiger partial charge in [0, 0.05) is 50.3 Å². The molecule has 1 saturated heterocycles. The lowest BCUT2D eigenvalue weighted by atomic mass is 10.1. The number of halogens is 2. The molecule has 0 aliphatic carbocycles. The molecule has 1 fully saturated rings. The van der Waals surface area contributed by atoms with Crippen LogP contribution in [0.25, 0.3) is 0 Å². The summed E-state index contributed by atoms with van der Waals surface area (Å²) in [6, 6.07) is 7.63. The quantitative estimate of drug-likeness (QED) is 0.564. The van der Waals surface area contributed by atoms with Crippen molar-refractivity contribution in [2.45, 2.75) is 13.8 Å². The Morgan fingerprint density at radius 3 is 2.32 bits per heavy atom. The van der Waals surface area contributed by atoms with E-state index < -0.39 is 23.2 Å². The minimum atomic E-state index is -0.846. The molecule has 38 heavy (non-hydrogen) atoms. The molecule has 3 aliphatic rings. The van der Waals surface area contributed by atoms with Crippen molar-refractivity contribution in [1.82, 2.24) is 14.9 Å². The first kappa shape index (κ1) is 24.2. The van der Waals surface area contributed by atoms with Gasteiger partial charge >= 0.3 is 0 Å². The highest BCUT2D eigenvalue weighted by Crippen LogP contribution is 2.36. The number of piperazine rings is 1. The average molecular weight is 519 g/mol. The molecule has 196 valence electrons. The van der Waals surface area contributed by atoms with Crippen molar-refractivity contribution in [1.29, 1.82) is 0 Å². The number of fused-ring (bicyclic) bond motifs is 3. The molecular weight excluding hydrogens is 490 g/mol. The van der Waals surface area contributed by atoms with Gasteiger partial charge in [-0.25, -0.2) is 18.7 Å². The fourth-order valence-electron chi connectivity index (χ4n) is 5.42. The van der Waals surface area contributed by atoms with Crippen LogP contribution >= 0.6 is 0 Å². The van der Waals surface area contributed by atoms with Gasteiger partial charge in [0.2, 0.25) is 11.9 Å². The van der Waals surface area contributed by atoms with Crippen LogP contribution in [0.2, 0.25) is 0 Å². The molecule has 2 aromatic carbocycles. The van der Waals surface area contributed by atoms with Crippen LogP contribution in [0.3, 0.4) is 0 Å². The molecule has 1 amide bonds. The number of para-hydroxylation sites is 1. The summed E-state index contributed by atoms with van der Waals surface area (Å²) in [5.74, 6) is -1.49. The summed E-state index contributed by atoms with van der Waals surface area (Å²) in [7, 11) is 2.14. The summed E-state index contributed by atoms with van der Waals surface area (Å²) in [6.45, 7) is 9.03. The molecule has 4 heterocycles. The van der Waals surface area contributed by atoms with Crippen LogP contribution in [0, 0.1) is 25.5 Å². The number of nitrogens with one attached hydrogen (secondary N) is 1. The Morgan fingerprint density at radius 1 is 0.947 bits per heavy atom. The van der Waals surface area contributed by atoms with Gasteiger partial charge in [-0.05, 0) is 56.3 Å². The number of hydrogen-bond donors (Lipinski definition) is 1. The molecule has 9 nitrogen and oxygen atoms in total. The Kier molecular flexibility index (Phi) is 5.94. The summed E-state index contributed by atoms with van der Waals surface area (Å²) in [5, 5.41) is 3.27. The molecule has 1 N–H and O–H groups in total. The monoisotopic (exact) mass is 518 g/mol. The van der Waals surface area contributed by atoms with Crippen LogP contribution in [0.1, 0.15) is 21.5 Å². The predicted molar refractivity (Wildman–Crippen MR) is 144 cm³/mol. The number of carbonyl (C=O) groups excluding carboxylic acids is 1. The molecule has 1 aromatic heterocycles. The number of aromatic nitrogens is 2. The molecule has 3 aliphatic heterocycles. The highest BCUT2D eigenvalue weighted by Gasteiger charge is 2.41. The second kappa shape index (κ2) is 9.32. The van der Waals surface area contributed by atoms with Crippen molar-refractivity contribution in [3.8, 4) is 0 Å². The summed E-state index contributed by atoms with van der Waals surface area (Å²) in [6.07, 6.45) is 1.40. The zero-order valence-electron chi connectivity index (χ0n) is 21.5. The largest absolute Gasteiger partial charge is 0.369 e. The molecule has 6 rings (SSSR count). The van der Waals surface area contributed by atoms with Crippen LogP contribution in [0.5, 0.6) is 0 Å². The van der Waals surface area contributed by atoms with E-state index in [0.717, 1.165) is 60.0 Å². The van der Waals surface area contributed by atoms with Gasteiger partial charge in [-0.15, -0.1) is 0 Å². The van der Waals surface area contributed by atoms with Crippen LogP contribution in [-0.4, -0.2) is 73.1 Å². The van der Waals surface area contributed by atoms with Crippen molar-refractivity contribution < 1.29 is 13.6 Å². The number of aryl methyl sites for hydroxylation is 2. The number of guanidine groups is 1. The van der Waals surface area contributed by atoms with E-state index in [-0.39, 0.29) is 11.5 Å². The molecule has 0 atom stereocenters. The predicted octanol–water partition coefficient (Wildman–Crippen LogP) is 3.70. The maximum absolute atomic E-state index is 14.6. The first-order valence-corrected chi connectivity index (χ1v) is 12.6. The molecule has 0 spiro atoms. The number of aliphatic imine (C=N–C) groups is 1. The van der Waals surface area contributed by atoms with Gasteiger partial charge in [0.05, 0.1) is 6.54 Å².